The van der Waals surface area contributed by atoms with Crippen molar-refractivity contribution in [3.05, 3.63) is 36.4 Å². The Morgan fingerprint density at radius 1 is 0.618 bits per heavy atom. The Morgan fingerprint density at radius 3 is 1.79 bits per heavy atom. The number of amides is 10. The van der Waals surface area contributed by atoms with Crippen LogP contribution in [-0.2, 0) is 80.4 Å². The second kappa shape index (κ2) is 37.4. The van der Waals surface area contributed by atoms with Crippen LogP contribution >= 0.6 is 0 Å². The van der Waals surface area contributed by atoms with Gasteiger partial charge in [0.15, 0.2) is 6.04 Å². The van der Waals surface area contributed by atoms with E-state index in [4.69, 9.17) is 4.74 Å². The number of hydrogen-bond donors (Lipinski definition) is 16. The van der Waals surface area contributed by atoms with Gasteiger partial charge < -0.3 is 83.2 Å². The van der Waals surface area contributed by atoms with Crippen LogP contribution in [0.4, 0.5) is 0 Å². The van der Waals surface area contributed by atoms with Crippen LogP contribution in [0.2, 0.25) is 0 Å². The molecule has 16 N–H and O–H groups in total. The molecule has 10 amide bonds. The minimum atomic E-state index is -4.85. The van der Waals surface area contributed by atoms with Gasteiger partial charge in [0.05, 0.1) is 37.4 Å². The molecule has 2 aromatic heterocycles. The third kappa shape index (κ3) is 28.2. The second-order valence-electron chi connectivity index (χ2n) is 23.3. The lowest BCUT2D eigenvalue weighted by Crippen LogP contribution is -2.64. The number of aliphatic hydroxyl groups is 3. The van der Waals surface area contributed by atoms with Crippen LogP contribution in [0.15, 0.2) is 25.0 Å². The van der Waals surface area contributed by atoms with Crippen molar-refractivity contribution in [2.75, 3.05) is 12.3 Å². The van der Waals surface area contributed by atoms with Crippen molar-refractivity contribution < 1.29 is 85.8 Å². The molecule has 2 aromatic rings. The summed E-state index contributed by atoms with van der Waals surface area (Å²) in [6, 6.07) is -14.5. The lowest BCUT2D eigenvalue weighted by atomic mass is 10.0. The van der Waals surface area contributed by atoms with Gasteiger partial charge in [-0.15, -0.1) is 0 Å². The van der Waals surface area contributed by atoms with Gasteiger partial charge in [-0.05, 0) is 65.7 Å². The summed E-state index contributed by atoms with van der Waals surface area (Å²) in [7, 11) is -4.85. The summed E-state index contributed by atoms with van der Waals surface area (Å²) < 4.78 is 39.1. The summed E-state index contributed by atoms with van der Waals surface area (Å²) >= 11 is 0. The molecule has 0 aromatic carbocycles. The molecule has 1 saturated heterocycles. The van der Waals surface area contributed by atoms with E-state index in [1.807, 2.05) is 0 Å². The lowest BCUT2D eigenvalue weighted by Gasteiger charge is -2.31. The predicted molar refractivity (Wildman–Crippen MR) is 318 cm³/mol. The van der Waals surface area contributed by atoms with Gasteiger partial charge in [0.2, 0.25) is 59.1 Å². The maximum atomic E-state index is 14.2. The molecular formula is C56H92N14O18S. The van der Waals surface area contributed by atoms with E-state index in [0.717, 1.165) is 52.9 Å². The molecule has 3 rings (SSSR count). The fourth-order valence-electron chi connectivity index (χ4n) is 9.22. The van der Waals surface area contributed by atoms with Gasteiger partial charge in [0.25, 0.3) is 10.1 Å². The third-order valence-electron chi connectivity index (χ3n) is 14.2. The van der Waals surface area contributed by atoms with Gasteiger partial charge in [-0.25, -0.2) is 14.8 Å². The summed E-state index contributed by atoms with van der Waals surface area (Å²) in [5, 5.41) is 56.0. The Morgan fingerprint density at radius 2 is 1.20 bits per heavy atom. The molecule has 0 spiro atoms. The second-order valence-corrected chi connectivity index (χ2v) is 24.8. The number of aromatic nitrogens is 4. The number of hydrogen-bond acceptors (Lipinski definition) is 19. The average molecular weight is 1280 g/mol. The quantitative estimate of drug-likeness (QED) is 0.0192. The topological polar surface area (TPSA) is 490 Å². The number of carbonyl (C=O) groups excluding carboxylic acids is 11. The minimum absolute atomic E-state index is 0.0335. The molecule has 1 fully saturated rings. The van der Waals surface area contributed by atoms with Crippen LogP contribution in [0, 0.1) is 11.8 Å². The number of rotatable bonds is 33. The summed E-state index contributed by atoms with van der Waals surface area (Å²) in [4.78, 5) is 163. The van der Waals surface area contributed by atoms with E-state index in [1.54, 1.807) is 13.8 Å². The van der Waals surface area contributed by atoms with E-state index in [2.05, 4.69) is 87.0 Å². The zero-order valence-electron chi connectivity index (χ0n) is 51.9. The summed E-state index contributed by atoms with van der Waals surface area (Å²) in [6.07, 6.45) is 4.12. The molecule has 13 unspecified atom stereocenters. The highest BCUT2D eigenvalue weighted by Gasteiger charge is 2.40. The molecular weight excluding hydrogens is 1190 g/mol. The Balaban J connectivity index is 1.73. The number of nitrogens with zero attached hydrogens (tertiary/aromatic N) is 2. The molecule has 0 saturated carbocycles. The van der Waals surface area contributed by atoms with Gasteiger partial charge in [0, 0.05) is 49.6 Å². The molecule has 500 valence electrons. The van der Waals surface area contributed by atoms with Crippen LogP contribution in [0.5, 0.6) is 0 Å². The summed E-state index contributed by atoms with van der Waals surface area (Å²) in [5.74, 6) is -11.8. The molecule has 13 atom stereocenters. The Kier molecular flexibility index (Phi) is 31.8. The molecule has 32 nitrogen and oxygen atoms in total. The Labute approximate surface area is 517 Å². The average Bonchev–Trinajstić information content (AvgIpc) is 4.21. The van der Waals surface area contributed by atoms with E-state index in [-0.39, 0.29) is 44.6 Å². The highest BCUT2D eigenvalue weighted by molar-refractivity contribution is 7.85. The van der Waals surface area contributed by atoms with Crippen LogP contribution in [-0.4, -0.2) is 204 Å². The molecule has 1 aliphatic rings. The van der Waals surface area contributed by atoms with Crippen LogP contribution in [0.3, 0.4) is 0 Å². The zero-order valence-corrected chi connectivity index (χ0v) is 52.7. The van der Waals surface area contributed by atoms with Crippen molar-refractivity contribution >= 4 is 75.2 Å². The summed E-state index contributed by atoms with van der Waals surface area (Å²) in [5.41, 5.74) is 0.720. The summed E-state index contributed by atoms with van der Waals surface area (Å²) in [6.45, 7) is 13.5. The fraction of sp³-hybridized carbons (Fsp3) is 0.696. The largest absolute Gasteiger partial charge is 0.458 e. The number of cyclic esters (lactones) is 1. The number of ether oxygens (including phenoxy) is 1. The van der Waals surface area contributed by atoms with Crippen LogP contribution in [0.25, 0.3) is 0 Å². The first-order valence-electron chi connectivity index (χ1n) is 29.9. The number of aromatic amines is 2. The van der Waals surface area contributed by atoms with Gasteiger partial charge in [0.1, 0.15) is 60.2 Å². The first kappa shape index (κ1) is 75.6. The number of imidazole rings is 2. The van der Waals surface area contributed by atoms with Crippen molar-refractivity contribution in [3.8, 4) is 0 Å². The number of unbranched alkanes of at least 4 members (excludes halogenated alkanes) is 4. The number of aliphatic hydroxyl groups excluding tert-OH is 3. The monoisotopic (exact) mass is 1280 g/mol. The highest BCUT2D eigenvalue weighted by atomic mass is 32.2. The van der Waals surface area contributed by atoms with Crippen molar-refractivity contribution in [1.82, 2.24) is 73.1 Å². The number of H-pyrrole nitrogens is 2. The smallest absolute Gasteiger partial charge is 0.331 e. The molecule has 0 radical (unpaired) electrons. The molecule has 3 heterocycles. The zero-order chi connectivity index (χ0) is 66.7. The highest BCUT2D eigenvalue weighted by Crippen LogP contribution is 2.15. The predicted octanol–water partition coefficient (Wildman–Crippen LogP) is -3.00. The first-order chi connectivity index (χ1) is 41.7. The van der Waals surface area contributed by atoms with E-state index >= 15 is 0 Å². The van der Waals surface area contributed by atoms with Gasteiger partial charge in [-0.2, -0.15) is 8.42 Å². The lowest BCUT2D eigenvalue weighted by molar-refractivity contribution is -0.159. The van der Waals surface area contributed by atoms with Crippen molar-refractivity contribution in [2.24, 2.45) is 11.8 Å². The number of carbonyl (C=O) groups is 11. The maximum Gasteiger partial charge on any atom is 0.331 e. The number of esters is 1. The SMILES string of the molecule is CC(C)CCCCCCCC(O)CC(=O)NC(CS(=O)(=O)O)C(=O)NC(CC(C)C)C(=O)NCCCC(=O)NC(Cc1cnc[nH]1)C(=O)NC(C)C(=O)NC1C(=O)NC(C(C)O)C(=O)NC(Cc2cnc[nH]2)C(=O)NC(C)C(=O)NC(C(C)O)C(=O)OC1C. The van der Waals surface area contributed by atoms with E-state index < -0.39 is 166 Å². The van der Waals surface area contributed by atoms with Crippen molar-refractivity contribution in [1.29, 1.82) is 0 Å². The molecule has 0 aliphatic carbocycles. The van der Waals surface area contributed by atoms with Crippen molar-refractivity contribution in [2.45, 2.75) is 225 Å². The third-order valence-corrected chi connectivity index (χ3v) is 14.9. The standard InChI is InChI=1S/C56H92N14O18S/c1-29(2)16-13-11-10-12-14-17-38(73)23-44(75)65-42(26-89(85,86)87)53(81)66-39(20-30(3)4)50(78)59-19-15-18-43(74)64-40(21-36-24-57-27-60-36)51(79)62-32(6)49(77)70-47-35(9)88-56(84)46(34(8)72)69-48(76)31(5)63-52(80)41(22-37-25-58-28-61-37)67-54(82)45(33(7)71)68-55(47)83/h24-25,27-35,38-42,45-47,71-73H,10-23,26H2,1-9H3,(H,57,60)(H,58,61)(H,59,78)(H,62,79)(H,63,80)(H,64,74)(H,65,75)(H,66,81)(H,67,82)(H,68,83)(H,69,76)(H,70,77)(H,85,86,87). The van der Waals surface area contributed by atoms with Gasteiger partial charge in [-0.1, -0.05) is 66.2 Å². The Bertz CT molecular complexity index is 2770. The molecule has 33 heteroatoms. The Hall–Kier alpha value is -7.62. The molecule has 0 bridgehead atoms. The van der Waals surface area contributed by atoms with E-state index in [0.29, 0.717) is 30.1 Å². The van der Waals surface area contributed by atoms with Crippen LogP contribution in [0.1, 0.15) is 144 Å². The molecule has 89 heavy (non-hydrogen) atoms. The van der Waals surface area contributed by atoms with E-state index in [1.165, 1.54) is 38.9 Å². The molecule has 1 aliphatic heterocycles. The van der Waals surface area contributed by atoms with Crippen molar-refractivity contribution in [3.63, 3.8) is 0 Å². The van der Waals surface area contributed by atoms with Gasteiger partial charge >= 0.3 is 5.97 Å². The fourth-order valence-corrected chi connectivity index (χ4v) is 9.88. The van der Waals surface area contributed by atoms with E-state index in [9.17, 15) is 81.0 Å². The van der Waals surface area contributed by atoms with Crippen LogP contribution < -0.4 is 53.2 Å². The van der Waals surface area contributed by atoms with Gasteiger partial charge in [-0.3, -0.25) is 52.5 Å². The first-order valence-corrected chi connectivity index (χ1v) is 31.5. The minimum Gasteiger partial charge on any atom is -0.458 e. The normalized spacial score (nSPS) is 21.2. The number of nitrogens with one attached hydrogen (secondary N) is 12. The maximum absolute atomic E-state index is 14.2.